The number of hydrogen-bond acceptors (Lipinski definition) is 3. The van der Waals surface area contributed by atoms with E-state index in [4.69, 9.17) is 9.84 Å². The van der Waals surface area contributed by atoms with Gasteiger partial charge in [-0.05, 0) is 31.9 Å². The van der Waals surface area contributed by atoms with Gasteiger partial charge in [-0.25, -0.2) is 4.79 Å². The van der Waals surface area contributed by atoms with Gasteiger partial charge in [0.15, 0.2) is 6.10 Å². The van der Waals surface area contributed by atoms with Crippen LogP contribution in [0, 0.1) is 6.92 Å². The summed E-state index contributed by atoms with van der Waals surface area (Å²) < 4.78 is 5.09. The summed E-state index contributed by atoms with van der Waals surface area (Å²) in [6.07, 6.45) is 0.865. The lowest BCUT2D eigenvalue weighted by Gasteiger charge is -2.21. The fourth-order valence-electron chi connectivity index (χ4n) is 2.17. The number of carbonyl (C=O) groups is 1. The van der Waals surface area contributed by atoms with Crippen LogP contribution < -0.4 is 0 Å². The largest absolute Gasteiger partial charge is 0.479 e. The van der Waals surface area contributed by atoms with Crippen LogP contribution in [-0.2, 0) is 14.9 Å². The summed E-state index contributed by atoms with van der Waals surface area (Å²) in [7, 11) is 1.44. The van der Waals surface area contributed by atoms with Crippen LogP contribution in [-0.4, -0.2) is 29.3 Å². The van der Waals surface area contributed by atoms with Crippen LogP contribution in [0.15, 0.2) is 18.2 Å². The summed E-state index contributed by atoms with van der Waals surface area (Å²) in [5.41, 5.74) is 1.33. The maximum Gasteiger partial charge on any atom is 0.333 e. The molecule has 1 aliphatic rings. The molecule has 4 heteroatoms. The highest BCUT2D eigenvalue weighted by Crippen LogP contribution is 2.51. The lowest BCUT2D eigenvalue weighted by atomic mass is 9.94. The van der Waals surface area contributed by atoms with Crippen molar-refractivity contribution in [3.63, 3.8) is 0 Å². The highest BCUT2D eigenvalue weighted by atomic mass is 16.5. The maximum absolute atomic E-state index is 11.1. The molecule has 4 nitrogen and oxygen atoms in total. The number of aliphatic carboxylic acids is 1. The minimum absolute atomic E-state index is 0.410. The third-order valence-electron chi connectivity index (χ3n) is 3.15. The molecule has 16 heavy (non-hydrogen) atoms. The second-order valence-corrected chi connectivity index (χ2v) is 4.27. The van der Waals surface area contributed by atoms with Crippen molar-refractivity contribution in [2.75, 3.05) is 7.11 Å². The van der Waals surface area contributed by atoms with Gasteiger partial charge in [0, 0.05) is 18.2 Å². The second kappa shape index (κ2) is 3.87. The number of aromatic nitrogens is 1. The first kappa shape index (κ1) is 11.1. The van der Waals surface area contributed by atoms with Gasteiger partial charge in [-0.1, -0.05) is 6.07 Å². The van der Waals surface area contributed by atoms with Gasteiger partial charge in [0.25, 0.3) is 0 Å². The summed E-state index contributed by atoms with van der Waals surface area (Å²) in [4.78, 5) is 15.5. The third kappa shape index (κ3) is 1.69. The first-order valence-corrected chi connectivity index (χ1v) is 5.30. The summed E-state index contributed by atoms with van der Waals surface area (Å²) in [5, 5.41) is 9.13. The van der Waals surface area contributed by atoms with Gasteiger partial charge in [-0.2, -0.15) is 0 Å². The lowest BCUT2D eigenvalue weighted by molar-refractivity contribution is -0.150. The summed E-state index contributed by atoms with van der Waals surface area (Å²) in [6, 6.07) is 5.70. The van der Waals surface area contributed by atoms with E-state index >= 15 is 0 Å². The number of aryl methyl sites for hydroxylation is 1. The van der Waals surface area contributed by atoms with Gasteiger partial charge in [0.2, 0.25) is 0 Å². The standard InChI is InChI=1S/C12H15NO3/c1-8-4-3-5-9(13-8)12(6-7-12)10(16-2)11(14)15/h3-5,10H,6-7H2,1-2H3,(H,14,15). The Labute approximate surface area is 94.3 Å². The molecule has 0 bridgehead atoms. The second-order valence-electron chi connectivity index (χ2n) is 4.27. The van der Waals surface area contributed by atoms with Crippen LogP contribution in [0.5, 0.6) is 0 Å². The highest BCUT2D eigenvalue weighted by Gasteiger charge is 2.55. The van der Waals surface area contributed by atoms with E-state index in [1.807, 2.05) is 25.1 Å². The van der Waals surface area contributed by atoms with Crippen molar-refractivity contribution in [3.8, 4) is 0 Å². The van der Waals surface area contributed by atoms with Crippen molar-refractivity contribution in [2.24, 2.45) is 0 Å². The van der Waals surface area contributed by atoms with Crippen molar-refractivity contribution >= 4 is 5.97 Å². The molecule has 1 N–H and O–H groups in total. The maximum atomic E-state index is 11.1. The average molecular weight is 221 g/mol. The van der Waals surface area contributed by atoms with Gasteiger partial charge in [-0.15, -0.1) is 0 Å². The summed E-state index contributed by atoms with van der Waals surface area (Å²) in [6.45, 7) is 1.90. The quantitative estimate of drug-likeness (QED) is 0.837. The highest BCUT2D eigenvalue weighted by molar-refractivity contribution is 5.75. The predicted molar refractivity (Wildman–Crippen MR) is 58.3 cm³/mol. The molecule has 1 aromatic heterocycles. The number of methoxy groups -OCH3 is 1. The number of carboxylic acids is 1. The molecule has 1 fully saturated rings. The van der Waals surface area contributed by atoms with Crippen LogP contribution in [0.2, 0.25) is 0 Å². The van der Waals surface area contributed by atoms with Crippen molar-refractivity contribution in [3.05, 3.63) is 29.6 Å². The van der Waals surface area contributed by atoms with Crippen molar-refractivity contribution in [2.45, 2.75) is 31.3 Å². The zero-order chi connectivity index (χ0) is 11.8. The SMILES string of the molecule is COC(C(=O)O)C1(c2cccc(C)n2)CC1. The molecule has 1 atom stereocenters. The Morgan fingerprint density at radius 2 is 2.25 bits per heavy atom. The van der Waals surface area contributed by atoms with Crippen LogP contribution >= 0.6 is 0 Å². The predicted octanol–water partition coefficient (Wildman–Crippen LogP) is 1.52. The van der Waals surface area contributed by atoms with Gasteiger partial charge in [0.1, 0.15) is 0 Å². The van der Waals surface area contributed by atoms with Gasteiger partial charge in [0.05, 0.1) is 5.69 Å². The normalized spacial score (nSPS) is 19.1. The zero-order valence-electron chi connectivity index (χ0n) is 9.43. The number of rotatable bonds is 4. The Morgan fingerprint density at radius 1 is 1.56 bits per heavy atom. The fourth-order valence-corrected chi connectivity index (χ4v) is 2.17. The topological polar surface area (TPSA) is 59.4 Å². The molecule has 0 amide bonds. The number of hydrogen-bond donors (Lipinski definition) is 1. The Kier molecular flexibility index (Phi) is 2.68. The van der Waals surface area contributed by atoms with Crippen molar-refractivity contribution in [1.29, 1.82) is 0 Å². The number of carboxylic acid groups (broad SMARTS) is 1. The number of pyridine rings is 1. The molecule has 2 rings (SSSR count). The lowest BCUT2D eigenvalue weighted by Crippen LogP contribution is -2.36. The molecule has 1 aliphatic carbocycles. The Morgan fingerprint density at radius 3 is 2.69 bits per heavy atom. The minimum Gasteiger partial charge on any atom is -0.479 e. The molecular weight excluding hydrogens is 206 g/mol. The molecular formula is C12H15NO3. The Balaban J connectivity index is 2.35. The van der Waals surface area contributed by atoms with Crippen molar-refractivity contribution < 1.29 is 14.6 Å². The van der Waals surface area contributed by atoms with E-state index in [1.54, 1.807) is 0 Å². The van der Waals surface area contributed by atoms with Gasteiger partial charge >= 0.3 is 5.97 Å². The molecule has 1 saturated carbocycles. The van der Waals surface area contributed by atoms with E-state index in [0.29, 0.717) is 0 Å². The zero-order valence-corrected chi connectivity index (χ0v) is 9.43. The molecule has 1 aromatic rings. The molecule has 1 unspecified atom stereocenters. The molecule has 0 aromatic carbocycles. The molecule has 0 spiro atoms. The van der Waals surface area contributed by atoms with E-state index in [2.05, 4.69) is 4.98 Å². The summed E-state index contributed by atoms with van der Waals surface area (Å²) >= 11 is 0. The van der Waals surface area contributed by atoms with Crippen LogP contribution in [0.4, 0.5) is 0 Å². The first-order chi connectivity index (χ1) is 7.60. The number of nitrogens with zero attached hydrogens (tertiary/aromatic N) is 1. The van der Waals surface area contributed by atoms with E-state index in [0.717, 1.165) is 24.2 Å². The average Bonchev–Trinajstić information content (AvgIpc) is 3.00. The Hall–Kier alpha value is -1.42. The van der Waals surface area contributed by atoms with E-state index < -0.39 is 17.5 Å². The Bertz CT molecular complexity index is 412. The molecule has 0 aliphatic heterocycles. The first-order valence-electron chi connectivity index (χ1n) is 5.30. The third-order valence-corrected chi connectivity index (χ3v) is 3.15. The molecule has 86 valence electrons. The van der Waals surface area contributed by atoms with E-state index in [9.17, 15) is 4.79 Å². The van der Waals surface area contributed by atoms with Gasteiger partial charge in [-0.3, -0.25) is 4.98 Å². The monoisotopic (exact) mass is 221 g/mol. The van der Waals surface area contributed by atoms with Crippen LogP contribution in [0.1, 0.15) is 24.2 Å². The van der Waals surface area contributed by atoms with E-state index in [1.165, 1.54) is 7.11 Å². The summed E-state index contributed by atoms with van der Waals surface area (Å²) in [5.74, 6) is -0.914. The fraction of sp³-hybridized carbons (Fsp3) is 0.500. The number of ether oxygens (including phenoxy) is 1. The van der Waals surface area contributed by atoms with Crippen LogP contribution in [0.25, 0.3) is 0 Å². The van der Waals surface area contributed by atoms with Crippen molar-refractivity contribution in [1.82, 2.24) is 4.98 Å². The molecule has 0 radical (unpaired) electrons. The smallest absolute Gasteiger partial charge is 0.333 e. The van der Waals surface area contributed by atoms with Crippen LogP contribution in [0.3, 0.4) is 0 Å². The minimum atomic E-state index is -0.914. The molecule has 1 heterocycles. The van der Waals surface area contributed by atoms with E-state index in [-0.39, 0.29) is 0 Å². The molecule has 0 saturated heterocycles. The van der Waals surface area contributed by atoms with Gasteiger partial charge < -0.3 is 9.84 Å².